The Balaban J connectivity index is 2.03. The first-order chi connectivity index (χ1) is 9.28. The third-order valence-corrected chi connectivity index (χ3v) is 4.15. The molecule has 3 heteroatoms. The summed E-state index contributed by atoms with van der Waals surface area (Å²) in [7, 11) is 0. The van der Waals surface area contributed by atoms with E-state index >= 15 is 0 Å². The summed E-state index contributed by atoms with van der Waals surface area (Å²) in [6, 6.07) is 16.9. The van der Waals surface area contributed by atoms with Gasteiger partial charge in [0.25, 0.3) is 0 Å². The molecular weight excluding hydrogens is 300 g/mol. The molecule has 0 bridgehead atoms. The van der Waals surface area contributed by atoms with Gasteiger partial charge in [-0.2, -0.15) is 0 Å². The Morgan fingerprint density at radius 1 is 1.05 bits per heavy atom. The van der Waals surface area contributed by atoms with Crippen LogP contribution in [-0.4, -0.2) is 4.57 Å². The highest BCUT2D eigenvalue weighted by molar-refractivity contribution is 9.10. The molecular formula is C16H15BrN2. The molecule has 19 heavy (non-hydrogen) atoms. The van der Waals surface area contributed by atoms with E-state index in [1.165, 1.54) is 22.0 Å². The molecule has 0 spiro atoms. The quantitative estimate of drug-likeness (QED) is 0.780. The van der Waals surface area contributed by atoms with Crippen LogP contribution in [0, 0.1) is 0 Å². The van der Waals surface area contributed by atoms with Crippen molar-refractivity contribution < 1.29 is 0 Å². The average molecular weight is 315 g/mol. The van der Waals surface area contributed by atoms with Gasteiger partial charge in [0.05, 0.1) is 0 Å². The number of benzene rings is 2. The topological polar surface area (TPSA) is 30.9 Å². The molecule has 0 unspecified atom stereocenters. The van der Waals surface area contributed by atoms with Crippen LogP contribution in [0.15, 0.2) is 59.2 Å². The zero-order valence-electron chi connectivity index (χ0n) is 10.5. The molecule has 3 rings (SSSR count). The van der Waals surface area contributed by atoms with Crippen LogP contribution < -0.4 is 5.73 Å². The van der Waals surface area contributed by atoms with Crippen LogP contribution in [0.25, 0.3) is 10.9 Å². The molecule has 1 heterocycles. The van der Waals surface area contributed by atoms with Gasteiger partial charge in [-0.05, 0) is 34.7 Å². The van der Waals surface area contributed by atoms with Crippen molar-refractivity contribution in [3.8, 4) is 0 Å². The molecule has 0 saturated heterocycles. The lowest BCUT2D eigenvalue weighted by Crippen LogP contribution is -2.00. The Morgan fingerprint density at radius 3 is 2.68 bits per heavy atom. The summed E-state index contributed by atoms with van der Waals surface area (Å²) in [4.78, 5) is 0. The number of rotatable bonds is 3. The lowest BCUT2D eigenvalue weighted by Gasteiger charge is -2.08. The van der Waals surface area contributed by atoms with Crippen molar-refractivity contribution in [1.82, 2.24) is 4.57 Å². The molecule has 2 aromatic carbocycles. The second kappa shape index (κ2) is 5.19. The molecule has 0 radical (unpaired) electrons. The maximum Gasteiger partial charge on any atom is 0.0487 e. The van der Waals surface area contributed by atoms with Crippen LogP contribution in [0.2, 0.25) is 0 Å². The predicted octanol–water partition coefficient (Wildman–Crippen LogP) is 3.91. The van der Waals surface area contributed by atoms with E-state index in [0.29, 0.717) is 6.54 Å². The van der Waals surface area contributed by atoms with Crippen molar-refractivity contribution in [2.24, 2.45) is 5.73 Å². The lowest BCUT2D eigenvalue weighted by molar-refractivity contribution is 0.832. The van der Waals surface area contributed by atoms with Gasteiger partial charge in [0.1, 0.15) is 0 Å². The van der Waals surface area contributed by atoms with E-state index in [0.717, 1.165) is 11.0 Å². The predicted molar refractivity (Wildman–Crippen MR) is 83.1 cm³/mol. The molecule has 96 valence electrons. The van der Waals surface area contributed by atoms with Crippen molar-refractivity contribution in [3.05, 3.63) is 70.3 Å². The van der Waals surface area contributed by atoms with E-state index in [1.54, 1.807) is 0 Å². The van der Waals surface area contributed by atoms with E-state index in [2.05, 4.69) is 69.2 Å². The molecule has 1 aromatic heterocycles. The van der Waals surface area contributed by atoms with E-state index in [1.807, 2.05) is 6.07 Å². The second-order valence-electron chi connectivity index (χ2n) is 4.63. The number of fused-ring (bicyclic) bond motifs is 1. The van der Waals surface area contributed by atoms with E-state index in [9.17, 15) is 0 Å². The number of hydrogen-bond acceptors (Lipinski definition) is 1. The van der Waals surface area contributed by atoms with Crippen molar-refractivity contribution in [3.63, 3.8) is 0 Å². The molecule has 0 aliphatic rings. The number of nitrogens with two attached hydrogens (primary N) is 1. The van der Waals surface area contributed by atoms with Crippen molar-refractivity contribution >= 4 is 26.8 Å². The standard InChI is InChI=1S/C16H15BrN2/c17-15-4-2-1-3-14(15)11-19-8-7-13-6-5-12(10-18)9-16(13)19/h1-9H,10-11,18H2. The van der Waals surface area contributed by atoms with Gasteiger partial charge >= 0.3 is 0 Å². The van der Waals surface area contributed by atoms with E-state index in [4.69, 9.17) is 5.73 Å². The first-order valence-corrected chi connectivity index (χ1v) is 7.08. The second-order valence-corrected chi connectivity index (χ2v) is 5.49. The van der Waals surface area contributed by atoms with Gasteiger partial charge in [-0.3, -0.25) is 0 Å². The number of nitrogens with zero attached hydrogens (tertiary/aromatic N) is 1. The number of halogens is 1. The summed E-state index contributed by atoms with van der Waals surface area (Å²) in [6.45, 7) is 1.44. The third-order valence-electron chi connectivity index (χ3n) is 3.37. The van der Waals surface area contributed by atoms with Crippen molar-refractivity contribution in [2.75, 3.05) is 0 Å². The molecule has 0 aliphatic carbocycles. The maximum absolute atomic E-state index is 5.72. The first kappa shape index (κ1) is 12.5. The molecule has 0 amide bonds. The fraction of sp³-hybridized carbons (Fsp3) is 0.125. The van der Waals surface area contributed by atoms with Gasteiger partial charge in [-0.15, -0.1) is 0 Å². The average Bonchev–Trinajstić information content (AvgIpc) is 2.84. The van der Waals surface area contributed by atoms with Crippen LogP contribution in [0.3, 0.4) is 0 Å². The van der Waals surface area contributed by atoms with Crippen LogP contribution in [0.1, 0.15) is 11.1 Å². The van der Waals surface area contributed by atoms with Crippen molar-refractivity contribution in [2.45, 2.75) is 13.1 Å². The minimum Gasteiger partial charge on any atom is -0.343 e. The Bertz CT molecular complexity index is 716. The molecule has 0 atom stereocenters. The van der Waals surface area contributed by atoms with Gasteiger partial charge in [0.15, 0.2) is 0 Å². The molecule has 0 saturated carbocycles. The summed E-state index contributed by atoms with van der Waals surface area (Å²) in [5.41, 5.74) is 9.40. The fourth-order valence-corrected chi connectivity index (χ4v) is 2.71. The summed E-state index contributed by atoms with van der Waals surface area (Å²) in [5, 5.41) is 1.25. The normalized spacial score (nSPS) is 11.1. The summed E-state index contributed by atoms with van der Waals surface area (Å²) in [6.07, 6.45) is 2.13. The highest BCUT2D eigenvalue weighted by atomic mass is 79.9. The van der Waals surface area contributed by atoms with Crippen molar-refractivity contribution in [1.29, 1.82) is 0 Å². The van der Waals surface area contributed by atoms with Crippen LogP contribution >= 0.6 is 15.9 Å². The lowest BCUT2D eigenvalue weighted by atomic mass is 10.1. The number of hydrogen-bond donors (Lipinski definition) is 1. The smallest absolute Gasteiger partial charge is 0.0487 e. The Labute approximate surface area is 121 Å². The highest BCUT2D eigenvalue weighted by Gasteiger charge is 2.04. The van der Waals surface area contributed by atoms with Gasteiger partial charge in [0.2, 0.25) is 0 Å². The third kappa shape index (κ3) is 2.44. The molecule has 2 nitrogen and oxygen atoms in total. The highest BCUT2D eigenvalue weighted by Crippen LogP contribution is 2.22. The van der Waals surface area contributed by atoms with Crippen LogP contribution in [0.5, 0.6) is 0 Å². The molecule has 3 aromatic rings. The van der Waals surface area contributed by atoms with Gasteiger partial charge in [-0.25, -0.2) is 0 Å². The fourth-order valence-electron chi connectivity index (χ4n) is 2.30. The Hall–Kier alpha value is -1.58. The minimum absolute atomic E-state index is 0.580. The van der Waals surface area contributed by atoms with E-state index in [-0.39, 0.29) is 0 Å². The van der Waals surface area contributed by atoms with Crippen LogP contribution in [-0.2, 0) is 13.1 Å². The van der Waals surface area contributed by atoms with E-state index < -0.39 is 0 Å². The molecule has 2 N–H and O–H groups in total. The van der Waals surface area contributed by atoms with Gasteiger partial charge < -0.3 is 10.3 Å². The van der Waals surface area contributed by atoms with Gasteiger partial charge in [0, 0.05) is 29.3 Å². The zero-order valence-corrected chi connectivity index (χ0v) is 12.1. The Kier molecular flexibility index (Phi) is 3.40. The molecule has 0 aliphatic heterocycles. The SMILES string of the molecule is NCc1ccc2ccn(Cc3ccccc3Br)c2c1. The van der Waals surface area contributed by atoms with Crippen LogP contribution in [0.4, 0.5) is 0 Å². The molecule has 0 fully saturated rings. The zero-order chi connectivity index (χ0) is 13.2. The summed E-state index contributed by atoms with van der Waals surface area (Å²) >= 11 is 3.60. The maximum atomic E-state index is 5.72. The minimum atomic E-state index is 0.580. The Morgan fingerprint density at radius 2 is 1.89 bits per heavy atom. The summed E-state index contributed by atoms with van der Waals surface area (Å²) < 4.78 is 3.40. The number of aromatic nitrogens is 1. The van der Waals surface area contributed by atoms with Gasteiger partial charge in [-0.1, -0.05) is 46.3 Å². The summed E-state index contributed by atoms with van der Waals surface area (Å²) in [5.74, 6) is 0. The monoisotopic (exact) mass is 314 g/mol. The largest absolute Gasteiger partial charge is 0.343 e. The first-order valence-electron chi connectivity index (χ1n) is 6.29.